The molecule has 1 amide bonds. The lowest BCUT2D eigenvalue weighted by atomic mass is 10.2. The predicted molar refractivity (Wildman–Crippen MR) is 100 cm³/mol. The van der Waals surface area contributed by atoms with Gasteiger partial charge in [-0.1, -0.05) is 18.5 Å². The minimum Gasteiger partial charge on any atom is -0.493 e. The van der Waals surface area contributed by atoms with Crippen LogP contribution < -0.4 is 14.8 Å². The number of carbonyl (C=O) groups is 1. The quantitative estimate of drug-likeness (QED) is 0.739. The standard InChI is InChI=1S/C19H21ClN2O3/c1-4-9-25-19-15(20)10-14(11-17(19)24-3)5-6-18(23)22-16-12-21-8-7-13(16)2/h5-8,10-12H,4,9H2,1-3H3,(H,22,23)/b6-5+. The number of nitrogens with zero attached hydrogens (tertiary/aromatic N) is 1. The molecule has 2 aromatic rings. The van der Waals surface area contributed by atoms with Gasteiger partial charge in [0.05, 0.1) is 30.6 Å². The Balaban J connectivity index is 2.13. The van der Waals surface area contributed by atoms with Gasteiger partial charge in [-0.2, -0.15) is 0 Å². The first-order chi connectivity index (χ1) is 12.0. The molecule has 1 N–H and O–H groups in total. The Morgan fingerprint density at radius 2 is 2.20 bits per heavy atom. The number of ether oxygens (including phenoxy) is 2. The average Bonchev–Trinajstić information content (AvgIpc) is 2.60. The molecule has 6 heteroatoms. The van der Waals surface area contributed by atoms with E-state index in [1.54, 1.807) is 37.7 Å². The third-order valence-electron chi connectivity index (χ3n) is 3.43. The number of aromatic nitrogens is 1. The smallest absolute Gasteiger partial charge is 0.248 e. The number of halogens is 1. The second-order valence-corrected chi connectivity index (χ2v) is 5.80. The van der Waals surface area contributed by atoms with Crippen LogP contribution in [-0.4, -0.2) is 24.6 Å². The maximum absolute atomic E-state index is 12.1. The number of carbonyl (C=O) groups excluding carboxylic acids is 1. The molecule has 5 nitrogen and oxygen atoms in total. The highest BCUT2D eigenvalue weighted by Gasteiger charge is 2.11. The van der Waals surface area contributed by atoms with Gasteiger partial charge in [-0.25, -0.2) is 0 Å². The molecule has 2 rings (SSSR count). The number of nitrogens with one attached hydrogen (secondary N) is 1. The van der Waals surface area contributed by atoms with Crippen molar-refractivity contribution in [3.05, 3.63) is 52.8 Å². The molecule has 25 heavy (non-hydrogen) atoms. The van der Waals surface area contributed by atoms with E-state index in [0.29, 0.717) is 28.8 Å². The number of benzene rings is 1. The van der Waals surface area contributed by atoms with Gasteiger partial charge in [0.15, 0.2) is 11.5 Å². The molecule has 0 fully saturated rings. The van der Waals surface area contributed by atoms with Crippen molar-refractivity contribution >= 4 is 29.3 Å². The normalized spacial score (nSPS) is 10.7. The summed E-state index contributed by atoms with van der Waals surface area (Å²) in [6, 6.07) is 5.34. The van der Waals surface area contributed by atoms with Gasteiger partial charge in [-0.15, -0.1) is 0 Å². The van der Waals surface area contributed by atoms with E-state index in [-0.39, 0.29) is 5.91 Å². The summed E-state index contributed by atoms with van der Waals surface area (Å²) in [6.07, 6.45) is 7.26. The van der Waals surface area contributed by atoms with Gasteiger partial charge in [0.2, 0.25) is 5.91 Å². The summed E-state index contributed by atoms with van der Waals surface area (Å²) in [5.41, 5.74) is 2.36. The van der Waals surface area contributed by atoms with Crippen molar-refractivity contribution in [3.63, 3.8) is 0 Å². The molecule has 0 radical (unpaired) electrons. The maximum Gasteiger partial charge on any atom is 0.248 e. The summed E-state index contributed by atoms with van der Waals surface area (Å²) in [5.74, 6) is 0.792. The van der Waals surface area contributed by atoms with Gasteiger partial charge in [0, 0.05) is 12.3 Å². The zero-order chi connectivity index (χ0) is 18.2. The fourth-order valence-corrected chi connectivity index (χ4v) is 2.40. The summed E-state index contributed by atoms with van der Waals surface area (Å²) >= 11 is 6.27. The molecule has 0 atom stereocenters. The van der Waals surface area contributed by atoms with Crippen LogP contribution >= 0.6 is 11.6 Å². The van der Waals surface area contributed by atoms with E-state index in [1.807, 2.05) is 19.9 Å². The lowest BCUT2D eigenvalue weighted by molar-refractivity contribution is -0.111. The van der Waals surface area contributed by atoms with Gasteiger partial charge in [0.25, 0.3) is 0 Å². The lowest BCUT2D eigenvalue weighted by Gasteiger charge is -2.12. The molecule has 0 saturated heterocycles. The summed E-state index contributed by atoms with van der Waals surface area (Å²) < 4.78 is 10.9. The SMILES string of the molecule is CCCOc1c(Cl)cc(/C=C/C(=O)Nc2cnccc2C)cc1OC. The van der Waals surface area contributed by atoms with Gasteiger partial charge in [-0.3, -0.25) is 9.78 Å². The Bertz CT molecular complexity index is 775. The Morgan fingerprint density at radius 3 is 2.88 bits per heavy atom. The molecule has 0 spiro atoms. The number of pyridine rings is 1. The summed E-state index contributed by atoms with van der Waals surface area (Å²) in [7, 11) is 1.55. The van der Waals surface area contributed by atoms with E-state index < -0.39 is 0 Å². The highest BCUT2D eigenvalue weighted by Crippen LogP contribution is 2.36. The molecule has 0 aliphatic carbocycles. The number of amides is 1. The van der Waals surface area contributed by atoms with Crippen molar-refractivity contribution in [2.24, 2.45) is 0 Å². The molecule has 1 heterocycles. The van der Waals surface area contributed by atoms with Crippen molar-refractivity contribution in [2.75, 3.05) is 19.0 Å². The first kappa shape index (κ1) is 18.8. The third-order valence-corrected chi connectivity index (χ3v) is 3.71. The van der Waals surface area contributed by atoms with Crippen molar-refractivity contribution < 1.29 is 14.3 Å². The van der Waals surface area contributed by atoms with E-state index in [4.69, 9.17) is 21.1 Å². The van der Waals surface area contributed by atoms with Crippen LogP contribution in [0.3, 0.4) is 0 Å². The van der Waals surface area contributed by atoms with Crippen LogP contribution in [0.1, 0.15) is 24.5 Å². The van der Waals surface area contributed by atoms with Gasteiger partial charge in [-0.05, 0) is 48.7 Å². The molecular weight excluding hydrogens is 340 g/mol. The van der Waals surface area contributed by atoms with E-state index in [2.05, 4.69) is 10.3 Å². The summed E-state index contributed by atoms with van der Waals surface area (Å²) in [5, 5.41) is 3.23. The highest BCUT2D eigenvalue weighted by molar-refractivity contribution is 6.32. The third kappa shape index (κ3) is 5.22. The van der Waals surface area contributed by atoms with Crippen molar-refractivity contribution in [1.82, 2.24) is 4.98 Å². The van der Waals surface area contributed by atoms with Gasteiger partial charge in [0.1, 0.15) is 0 Å². The van der Waals surface area contributed by atoms with Gasteiger partial charge >= 0.3 is 0 Å². The van der Waals surface area contributed by atoms with Crippen LogP contribution in [0.4, 0.5) is 5.69 Å². The molecular formula is C19H21ClN2O3. The first-order valence-electron chi connectivity index (χ1n) is 7.95. The van der Waals surface area contributed by atoms with Gasteiger partial charge < -0.3 is 14.8 Å². The fraction of sp³-hybridized carbons (Fsp3) is 0.263. The van der Waals surface area contributed by atoms with Crippen molar-refractivity contribution in [2.45, 2.75) is 20.3 Å². The topological polar surface area (TPSA) is 60.5 Å². The fourth-order valence-electron chi connectivity index (χ4n) is 2.12. The molecule has 1 aromatic heterocycles. The first-order valence-corrected chi connectivity index (χ1v) is 8.33. The lowest BCUT2D eigenvalue weighted by Crippen LogP contribution is -2.09. The van der Waals surface area contributed by atoms with Crippen LogP contribution in [0.25, 0.3) is 6.08 Å². The number of hydrogen-bond acceptors (Lipinski definition) is 4. The molecule has 0 unspecified atom stereocenters. The Morgan fingerprint density at radius 1 is 1.40 bits per heavy atom. The summed E-state index contributed by atoms with van der Waals surface area (Å²) in [6.45, 7) is 4.47. The number of aryl methyl sites for hydroxylation is 1. The molecule has 0 aliphatic rings. The van der Waals surface area contributed by atoms with Crippen LogP contribution in [-0.2, 0) is 4.79 Å². The Labute approximate surface area is 152 Å². The molecule has 0 bridgehead atoms. The van der Waals surface area contributed by atoms with E-state index in [0.717, 1.165) is 17.5 Å². The van der Waals surface area contributed by atoms with Crippen molar-refractivity contribution in [3.8, 4) is 11.5 Å². The van der Waals surface area contributed by atoms with E-state index in [9.17, 15) is 4.79 Å². The summed E-state index contributed by atoms with van der Waals surface area (Å²) in [4.78, 5) is 16.1. The maximum atomic E-state index is 12.1. The van der Waals surface area contributed by atoms with Crippen LogP contribution in [0.5, 0.6) is 11.5 Å². The monoisotopic (exact) mass is 360 g/mol. The van der Waals surface area contributed by atoms with E-state index in [1.165, 1.54) is 6.08 Å². The largest absolute Gasteiger partial charge is 0.493 e. The molecule has 1 aromatic carbocycles. The Kier molecular flexibility index (Phi) is 6.83. The number of hydrogen-bond donors (Lipinski definition) is 1. The van der Waals surface area contributed by atoms with Crippen molar-refractivity contribution in [1.29, 1.82) is 0 Å². The number of anilines is 1. The van der Waals surface area contributed by atoms with Crippen LogP contribution in [0, 0.1) is 6.92 Å². The zero-order valence-corrected chi connectivity index (χ0v) is 15.3. The van der Waals surface area contributed by atoms with Crippen LogP contribution in [0.15, 0.2) is 36.7 Å². The minimum atomic E-state index is -0.252. The molecule has 0 saturated carbocycles. The van der Waals surface area contributed by atoms with E-state index >= 15 is 0 Å². The molecule has 0 aliphatic heterocycles. The zero-order valence-electron chi connectivity index (χ0n) is 14.5. The minimum absolute atomic E-state index is 0.252. The Hall–Kier alpha value is -2.53. The number of rotatable bonds is 7. The van der Waals surface area contributed by atoms with Crippen LogP contribution in [0.2, 0.25) is 5.02 Å². The second kappa shape index (κ2) is 9.08. The second-order valence-electron chi connectivity index (χ2n) is 5.40. The predicted octanol–water partition coefficient (Wildman–Crippen LogP) is 4.49. The highest BCUT2D eigenvalue weighted by atomic mass is 35.5. The molecule has 132 valence electrons. The average molecular weight is 361 g/mol. The number of methoxy groups -OCH3 is 1.